The lowest BCUT2D eigenvalue weighted by atomic mass is 9.79. The van der Waals surface area contributed by atoms with Crippen molar-refractivity contribution in [2.24, 2.45) is 5.92 Å². The number of hydrogen-bond acceptors (Lipinski definition) is 5. The van der Waals surface area contributed by atoms with Gasteiger partial charge in [0.2, 0.25) is 0 Å². The van der Waals surface area contributed by atoms with Gasteiger partial charge in [-0.3, -0.25) is 0 Å². The molecule has 0 radical (unpaired) electrons. The van der Waals surface area contributed by atoms with E-state index in [1.807, 2.05) is 13.8 Å². The van der Waals surface area contributed by atoms with Gasteiger partial charge in [-0.25, -0.2) is 9.78 Å². The van der Waals surface area contributed by atoms with Crippen molar-refractivity contribution < 1.29 is 14.3 Å². The molecule has 5 heteroatoms. The van der Waals surface area contributed by atoms with Gasteiger partial charge < -0.3 is 9.47 Å². The minimum absolute atomic E-state index is 0.311. The molecule has 0 aliphatic heterocycles. The van der Waals surface area contributed by atoms with Gasteiger partial charge in [-0.15, -0.1) is 11.3 Å². The topological polar surface area (TPSA) is 48.4 Å². The van der Waals surface area contributed by atoms with E-state index in [0.717, 1.165) is 29.1 Å². The number of esters is 1. The third kappa shape index (κ3) is 2.88. The Balaban J connectivity index is 2.37. The average molecular weight is 297 g/mol. The molecule has 0 N–H and O–H groups in total. The van der Waals surface area contributed by atoms with E-state index in [1.54, 1.807) is 11.3 Å². The number of nitrogens with zero attached hydrogens (tertiary/aromatic N) is 1. The van der Waals surface area contributed by atoms with Crippen molar-refractivity contribution in [3.8, 4) is 0 Å². The smallest absolute Gasteiger partial charge is 0.357 e. The highest BCUT2D eigenvalue weighted by molar-refractivity contribution is 7.12. The van der Waals surface area contributed by atoms with Gasteiger partial charge in [0.05, 0.1) is 7.11 Å². The highest BCUT2D eigenvalue weighted by Gasteiger charge is 2.40. The van der Waals surface area contributed by atoms with Crippen LogP contribution in [0, 0.1) is 12.8 Å². The highest BCUT2D eigenvalue weighted by atomic mass is 32.1. The monoisotopic (exact) mass is 297 g/mol. The standard InChI is InChI=1S/C15H23NO3S/c1-5-19-15(8-6-7-10(2)9-15)14-16-12(11(3)20-14)13(17)18-4/h10H,5-9H2,1-4H3. The molecule has 4 nitrogen and oxygen atoms in total. The molecule has 0 bridgehead atoms. The summed E-state index contributed by atoms with van der Waals surface area (Å²) < 4.78 is 10.9. The molecule has 1 saturated carbocycles. The molecule has 2 unspecified atom stereocenters. The maximum atomic E-state index is 11.7. The Hall–Kier alpha value is -0.940. The van der Waals surface area contributed by atoms with Crippen LogP contribution in [0.15, 0.2) is 0 Å². The number of ether oxygens (including phenoxy) is 2. The molecule has 0 amide bonds. The van der Waals surface area contributed by atoms with E-state index < -0.39 is 0 Å². The van der Waals surface area contributed by atoms with Gasteiger partial charge in [-0.2, -0.15) is 0 Å². The zero-order valence-corrected chi connectivity index (χ0v) is 13.5. The first-order chi connectivity index (χ1) is 9.52. The second kappa shape index (κ2) is 6.22. The summed E-state index contributed by atoms with van der Waals surface area (Å²) in [6.45, 7) is 6.86. The van der Waals surface area contributed by atoms with Gasteiger partial charge in [0.15, 0.2) is 5.69 Å². The van der Waals surface area contributed by atoms with Crippen LogP contribution in [0.3, 0.4) is 0 Å². The lowest BCUT2D eigenvalue weighted by Crippen LogP contribution is -2.35. The second-order valence-corrected chi connectivity index (χ2v) is 6.75. The summed E-state index contributed by atoms with van der Waals surface area (Å²) >= 11 is 1.57. The number of aryl methyl sites for hydroxylation is 1. The summed E-state index contributed by atoms with van der Waals surface area (Å²) in [5, 5.41) is 0.934. The van der Waals surface area contributed by atoms with Crippen molar-refractivity contribution in [2.45, 2.75) is 52.1 Å². The van der Waals surface area contributed by atoms with Crippen LogP contribution in [0.4, 0.5) is 0 Å². The molecule has 20 heavy (non-hydrogen) atoms. The summed E-state index contributed by atoms with van der Waals surface area (Å²) in [4.78, 5) is 17.2. The lowest BCUT2D eigenvalue weighted by molar-refractivity contribution is -0.0821. The third-order valence-electron chi connectivity index (χ3n) is 3.94. The SMILES string of the molecule is CCOC1(c2nc(C(=O)OC)c(C)s2)CCCC(C)C1. The molecule has 2 atom stereocenters. The van der Waals surface area contributed by atoms with Crippen molar-refractivity contribution in [1.29, 1.82) is 0 Å². The summed E-state index contributed by atoms with van der Waals surface area (Å²) in [5.74, 6) is 0.265. The molecule has 0 aromatic carbocycles. The predicted octanol–water partition coefficient (Wildman–Crippen LogP) is 3.68. The molecule has 1 heterocycles. The minimum atomic E-state index is -0.361. The third-order valence-corrected chi connectivity index (χ3v) is 5.10. The zero-order chi connectivity index (χ0) is 14.8. The maximum absolute atomic E-state index is 11.7. The number of aromatic nitrogens is 1. The summed E-state index contributed by atoms with van der Waals surface area (Å²) in [5.41, 5.74) is 0.124. The Kier molecular flexibility index (Phi) is 4.81. The Morgan fingerprint density at radius 1 is 1.55 bits per heavy atom. The van der Waals surface area contributed by atoms with Crippen LogP contribution in [-0.2, 0) is 15.1 Å². The average Bonchev–Trinajstić information content (AvgIpc) is 2.81. The van der Waals surface area contributed by atoms with Gasteiger partial charge in [0.25, 0.3) is 0 Å². The molecule has 112 valence electrons. The molecule has 1 aromatic rings. The second-order valence-electron chi connectivity index (χ2n) is 5.54. The van der Waals surface area contributed by atoms with Crippen molar-refractivity contribution in [3.05, 3.63) is 15.6 Å². The van der Waals surface area contributed by atoms with Gasteiger partial charge in [-0.1, -0.05) is 13.3 Å². The van der Waals surface area contributed by atoms with Crippen molar-refractivity contribution in [3.63, 3.8) is 0 Å². The van der Waals surface area contributed by atoms with Crippen LogP contribution in [0.2, 0.25) is 0 Å². The Bertz CT molecular complexity index is 481. The van der Waals surface area contributed by atoms with Crippen LogP contribution in [0.25, 0.3) is 0 Å². The normalized spacial score (nSPS) is 26.5. The quantitative estimate of drug-likeness (QED) is 0.795. The molecule has 1 fully saturated rings. The van der Waals surface area contributed by atoms with E-state index in [-0.39, 0.29) is 11.6 Å². The molecule has 0 saturated heterocycles. The van der Waals surface area contributed by atoms with Crippen LogP contribution in [0.1, 0.15) is 59.9 Å². The fraction of sp³-hybridized carbons (Fsp3) is 0.733. The lowest BCUT2D eigenvalue weighted by Gasteiger charge is -2.38. The number of carbonyl (C=O) groups is 1. The highest BCUT2D eigenvalue weighted by Crippen LogP contribution is 2.44. The summed E-state index contributed by atoms with van der Waals surface area (Å²) in [6.07, 6.45) is 4.35. The maximum Gasteiger partial charge on any atom is 0.357 e. The fourth-order valence-corrected chi connectivity index (χ4v) is 4.13. The molecule has 2 rings (SSSR count). The predicted molar refractivity (Wildman–Crippen MR) is 79.1 cm³/mol. The summed E-state index contributed by atoms with van der Waals surface area (Å²) in [6, 6.07) is 0. The number of methoxy groups -OCH3 is 1. The van der Waals surface area contributed by atoms with E-state index in [4.69, 9.17) is 9.47 Å². The van der Waals surface area contributed by atoms with Crippen LogP contribution >= 0.6 is 11.3 Å². The first kappa shape index (κ1) is 15.4. The number of carbonyl (C=O) groups excluding carboxylic acids is 1. The first-order valence-electron chi connectivity index (χ1n) is 7.22. The summed E-state index contributed by atoms with van der Waals surface area (Å²) in [7, 11) is 1.39. The fourth-order valence-electron chi connectivity index (χ4n) is 3.04. The molecule has 0 spiro atoms. The van der Waals surface area contributed by atoms with Gasteiger partial charge in [-0.05, 0) is 39.0 Å². The Labute approximate surface area is 124 Å². The van der Waals surface area contributed by atoms with Gasteiger partial charge >= 0.3 is 5.97 Å². The molecular weight excluding hydrogens is 274 g/mol. The molecule has 1 aliphatic carbocycles. The van der Waals surface area contributed by atoms with E-state index in [2.05, 4.69) is 11.9 Å². The van der Waals surface area contributed by atoms with E-state index in [0.29, 0.717) is 18.2 Å². The minimum Gasteiger partial charge on any atom is -0.464 e. The largest absolute Gasteiger partial charge is 0.464 e. The molecular formula is C15H23NO3S. The Morgan fingerprint density at radius 3 is 2.90 bits per heavy atom. The van der Waals surface area contributed by atoms with E-state index in [9.17, 15) is 4.79 Å². The number of hydrogen-bond donors (Lipinski definition) is 0. The van der Waals surface area contributed by atoms with Crippen LogP contribution in [-0.4, -0.2) is 24.7 Å². The van der Waals surface area contributed by atoms with Crippen LogP contribution < -0.4 is 0 Å². The van der Waals surface area contributed by atoms with E-state index >= 15 is 0 Å². The van der Waals surface area contributed by atoms with E-state index in [1.165, 1.54) is 13.5 Å². The Morgan fingerprint density at radius 2 is 2.30 bits per heavy atom. The molecule has 1 aromatic heterocycles. The first-order valence-corrected chi connectivity index (χ1v) is 8.04. The number of rotatable bonds is 4. The van der Waals surface area contributed by atoms with Crippen molar-refractivity contribution >= 4 is 17.3 Å². The zero-order valence-electron chi connectivity index (χ0n) is 12.7. The molecule has 1 aliphatic rings. The van der Waals surface area contributed by atoms with Gasteiger partial charge in [0, 0.05) is 11.5 Å². The number of thiazole rings is 1. The van der Waals surface area contributed by atoms with Gasteiger partial charge in [0.1, 0.15) is 10.6 Å². The van der Waals surface area contributed by atoms with Crippen molar-refractivity contribution in [2.75, 3.05) is 13.7 Å². The van der Waals surface area contributed by atoms with Crippen LogP contribution in [0.5, 0.6) is 0 Å². The van der Waals surface area contributed by atoms with Crippen molar-refractivity contribution in [1.82, 2.24) is 4.98 Å².